The molecule has 0 saturated heterocycles. The van der Waals surface area contributed by atoms with Gasteiger partial charge >= 0.3 is 6.41 Å². The van der Waals surface area contributed by atoms with Crippen LogP contribution < -0.4 is 4.90 Å². The quantitative estimate of drug-likeness (QED) is 0.607. The van der Waals surface area contributed by atoms with Gasteiger partial charge in [0.2, 0.25) is 0 Å². The molecular formula is C9H22NO2+. The van der Waals surface area contributed by atoms with Crippen LogP contribution in [0.25, 0.3) is 0 Å². The largest absolute Gasteiger partial charge is 0.307 e. The van der Waals surface area contributed by atoms with Crippen LogP contribution in [-0.4, -0.2) is 32.7 Å². The predicted octanol–water partition coefficient (Wildman–Crippen LogP) is 0.265. The summed E-state index contributed by atoms with van der Waals surface area (Å²) in [5, 5.41) is 0. The molecule has 0 aliphatic rings. The molecule has 0 saturated carbocycles. The van der Waals surface area contributed by atoms with Crippen molar-refractivity contribution >= 4 is 0 Å². The smallest absolute Gasteiger partial charge is 0.303 e. The number of nitrogens with one attached hydrogen (secondary N) is 1. The lowest BCUT2D eigenvalue weighted by Crippen LogP contribution is -3.11. The lowest BCUT2D eigenvalue weighted by atomic mass is 10.5. The molecule has 0 fully saturated rings. The summed E-state index contributed by atoms with van der Waals surface area (Å²) >= 11 is 0. The van der Waals surface area contributed by atoms with E-state index in [1.54, 1.807) is 0 Å². The molecule has 0 bridgehead atoms. The van der Waals surface area contributed by atoms with Crippen LogP contribution in [0.15, 0.2) is 0 Å². The Morgan fingerprint density at radius 1 is 0.833 bits per heavy atom. The first-order valence-electron chi connectivity index (χ1n) is 4.54. The zero-order chi connectivity index (χ0) is 9.72. The maximum Gasteiger partial charge on any atom is 0.307 e. The van der Waals surface area contributed by atoms with Crippen molar-refractivity contribution < 1.29 is 14.4 Å². The molecule has 12 heavy (non-hydrogen) atoms. The van der Waals surface area contributed by atoms with Gasteiger partial charge in [0.05, 0.1) is 26.3 Å². The van der Waals surface area contributed by atoms with Gasteiger partial charge in [-0.3, -0.25) is 4.90 Å². The Morgan fingerprint density at radius 2 is 1.17 bits per heavy atom. The number of quaternary nitrogens is 1. The first-order chi connectivity index (χ1) is 5.43. The van der Waals surface area contributed by atoms with E-state index in [0.717, 1.165) is 4.90 Å². The molecular weight excluding hydrogens is 154 g/mol. The second-order valence-electron chi connectivity index (χ2n) is 3.78. The summed E-state index contributed by atoms with van der Waals surface area (Å²) in [6.45, 7) is 8.05. The molecule has 0 aromatic carbocycles. The van der Waals surface area contributed by atoms with E-state index in [4.69, 9.17) is 9.47 Å². The third-order valence-corrected chi connectivity index (χ3v) is 1.26. The first kappa shape index (κ1) is 11.9. The van der Waals surface area contributed by atoms with Crippen LogP contribution in [0.3, 0.4) is 0 Å². The molecule has 0 aromatic heterocycles. The molecule has 0 unspecified atom stereocenters. The van der Waals surface area contributed by atoms with Crippen molar-refractivity contribution in [2.24, 2.45) is 0 Å². The average molecular weight is 176 g/mol. The van der Waals surface area contributed by atoms with E-state index in [-0.39, 0.29) is 18.6 Å². The zero-order valence-electron chi connectivity index (χ0n) is 9.05. The predicted molar refractivity (Wildman–Crippen MR) is 49.0 cm³/mol. The van der Waals surface area contributed by atoms with Crippen LogP contribution in [-0.2, 0) is 9.47 Å². The van der Waals surface area contributed by atoms with Crippen molar-refractivity contribution in [2.45, 2.75) is 46.3 Å². The fraction of sp³-hybridized carbons (Fsp3) is 1.00. The Morgan fingerprint density at radius 3 is 1.33 bits per heavy atom. The minimum atomic E-state index is -0.148. The molecule has 0 aliphatic heterocycles. The third kappa shape index (κ3) is 5.52. The van der Waals surface area contributed by atoms with Crippen molar-refractivity contribution in [3.8, 4) is 0 Å². The Balaban J connectivity index is 3.87. The lowest BCUT2D eigenvalue weighted by molar-refractivity contribution is -0.941. The Bertz CT molecular complexity index is 103. The van der Waals surface area contributed by atoms with Gasteiger partial charge in [-0.25, -0.2) is 0 Å². The zero-order valence-corrected chi connectivity index (χ0v) is 9.05. The summed E-state index contributed by atoms with van der Waals surface area (Å²) in [6, 6.07) is 0. The summed E-state index contributed by atoms with van der Waals surface area (Å²) < 4.78 is 11.1. The van der Waals surface area contributed by atoms with E-state index < -0.39 is 0 Å². The maximum atomic E-state index is 5.56. The van der Waals surface area contributed by atoms with Gasteiger partial charge in [-0.15, -0.1) is 0 Å². The molecule has 0 amide bonds. The molecule has 3 heteroatoms. The second kappa shape index (κ2) is 5.51. The van der Waals surface area contributed by atoms with Crippen molar-refractivity contribution in [2.75, 3.05) is 14.1 Å². The second-order valence-corrected chi connectivity index (χ2v) is 3.78. The highest BCUT2D eigenvalue weighted by Crippen LogP contribution is 1.97. The SMILES string of the molecule is CC(C)OC(OC(C)C)[NH+](C)C. The molecule has 0 atom stereocenters. The number of hydrogen-bond donors (Lipinski definition) is 1. The topological polar surface area (TPSA) is 22.9 Å². The van der Waals surface area contributed by atoms with E-state index in [0.29, 0.717) is 0 Å². The molecule has 0 rings (SSSR count). The van der Waals surface area contributed by atoms with Gasteiger partial charge in [-0.05, 0) is 27.7 Å². The number of hydrogen-bond acceptors (Lipinski definition) is 2. The Kier molecular flexibility index (Phi) is 5.46. The highest BCUT2D eigenvalue weighted by Gasteiger charge is 2.18. The molecule has 3 nitrogen and oxygen atoms in total. The van der Waals surface area contributed by atoms with Gasteiger partial charge in [0, 0.05) is 0 Å². The number of ether oxygens (including phenoxy) is 2. The van der Waals surface area contributed by atoms with Gasteiger partial charge in [-0.2, -0.15) is 0 Å². The highest BCUT2D eigenvalue weighted by molar-refractivity contribution is 4.38. The van der Waals surface area contributed by atoms with Crippen molar-refractivity contribution in [3.63, 3.8) is 0 Å². The Hall–Kier alpha value is -0.120. The molecule has 0 heterocycles. The Labute approximate surface area is 75.6 Å². The van der Waals surface area contributed by atoms with Gasteiger partial charge in [0.25, 0.3) is 0 Å². The van der Waals surface area contributed by atoms with Crippen molar-refractivity contribution in [3.05, 3.63) is 0 Å². The molecule has 0 aliphatic carbocycles. The standard InChI is InChI=1S/C9H21NO2/c1-7(2)11-9(10(5)6)12-8(3)4/h7-9H,1-6H3/p+1. The van der Waals surface area contributed by atoms with E-state index in [9.17, 15) is 0 Å². The molecule has 74 valence electrons. The third-order valence-electron chi connectivity index (χ3n) is 1.26. The van der Waals surface area contributed by atoms with Gasteiger partial charge in [-0.1, -0.05) is 0 Å². The fourth-order valence-corrected chi connectivity index (χ4v) is 0.799. The van der Waals surface area contributed by atoms with E-state index in [2.05, 4.69) is 0 Å². The van der Waals surface area contributed by atoms with Crippen LogP contribution in [0.4, 0.5) is 0 Å². The molecule has 0 spiro atoms. The molecule has 1 N–H and O–H groups in total. The highest BCUT2D eigenvalue weighted by atomic mass is 16.7. The van der Waals surface area contributed by atoms with E-state index in [1.807, 2.05) is 41.8 Å². The summed E-state index contributed by atoms with van der Waals surface area (Å²) in [7, 11) is 4.05. The van der Waals surface area contributed by atoms with Crippen molar-refractivity contribution in [1.29, 1.82) is 0 Å². The van der Waals surface area contributed by atoms with Crippen LogP contribution in [0.1, 0.15) is 27.7 Å². The van der Waals surface area contributed by atoms with E-state index in [1.165, 1.54) is 0 Å². The normalized spacial score (nSPS) is 12.5. The minimum Gasteiger partial charge on any atom is -0.303 e. The van der Waals surface area contributed by atoms with Crippen LogP contribution in [0.5, 0.6) is 0 Å². The van der Waals surface area contributed by atoms with Crippen LogP contribution in [0.2, 0.25) is 0 Å². The summed E-state index contributed by atoms with van der Waals surface area (Å²) in [5.41, 5.74) is 0. The summed E-state index contributed by atoms with van der Waals surface area (Å²) in [4.78, 5) is 1.16. The van der Waals surface area contributed by atoms with E-state index >= 15 is 0 Å². The first-order valence-corrected chi connectivity index (χ1v) is 4.54. The maximum absolute atomic E-state index is 5.56. The summed E-state index contributed by atoms with van der Waals surface area (Å²) in [6.07, 6.45) is 0.275. The van der Waals surface area contributed by atoms with Crippen molar-refractivity contribution in [1.82, 2.24) is 0 Å². The molecule has 0 aromatic rings. The monoisotopic (exact) mass is 176 g/mol. The minimum absolute atomic E-state index is 0.148. The van der Waals surface area contributed by atoms with Gasteiger partial charge < -0.3 is 9.47 Å². The fourth-order valence-electron chi connectivity index (χ4n) is 0.799. The molecule has 0 radical (unpaired) electrons. The van der Waals surface area contributed by atoms with Crippen LogP contribution in [0, 0.1) is 0 Å². The average Bonchev–Trinajstić information content (AvgIpc) is 1.83. The lowest BCUT2D eigenvalue weighted by Gasteiger charge is -2.24. The number of rotatable bonds is 5. The van der Waals surface area contributed by atoms with Gasteiger partial charge in [0.15, 0.2) is 0 Å². The van der Waals surface area contributed by atoms with Gasteiger partial charge in [0.1, 0.15) is 0 Å². The summed E-state index contributed by atoms with van der Waals surface area (Å²) in [5.74, 6) is 0. The van der Waals surface area contributed by atoms with Crippen LogP contribution >= 0.6 is 0 Å².